The van der Waals surface area contributed by atoms with Crippen LogP contribution in [0.5, 0.6) is 0 Å². The highest BCUT2D eigenvalue weighted by Gasteiger charge is 2.40. The van der Waals surface area contributed by atoms with Crippen molar-refractivity contribution in [1.82, 2.24) is 9.80 Å². The summed E-state index contributed by atoms with van der Waals surface area (Å²) in [6.45, 7) is 5.43. The van der Waals surface area contributed by atoms with Crippen molar-refractivity contribution < 1.29 is 19.4 Å². The predicted molar refractivity (Wildman–Crippen MR) is 73.5 cm³/mol. The van der Waals surface area contributed by atoms with E-state index < -0.39 is 11.9 Å². The van der Waals surface area contributed by atoms with Crippen molar-refractivity contribution in [3.05, 3.63) is 0 Å². The van der Waals surface area contributed by atoms with Crippen LogP contribution < -0.4 is 0 Å². The maximum absolute atomic E-state index is 12.6. The summed E-state index contributed by atoms with van der Waals surface area (Å²) in [6.07, 6.45) is 2.14. The van der Waals surface area contributed by atoms with Gasteiger partial charge in [0.15, 0.2) is 0 Å². The zero-order valence-corrected chi connectivity index (χ0v) is 12.4. The molecule has 2 fully saturated rings. The molecule has 2 rings (SSSR count). The molecule has 0 saturated carbocycles. The van der Waals surface area contributed by atoms with Gasteiger partial charge in [0, 0.05) is 19.6 Å². The highest BCUT2D eigenvalue weighted by molar-refractivity contribution is 5.77. The molecule has 6 nitrogen and oxygen atoms in total. The smallest absolute Gasteiger partial charge is 0.320 e. The Bertz CT molecular complexity index is 387. The van der Waals surface area contributed by atoms with Crippen molar-refractivity contribution in [3.63, 3.8) is 0 Å². The molecule has 2 aliphatic heterocycles. The number of rotatable bonds is 2. The number of carboxylic acids is 1. The van der Waals surface area contributed by atoms with E-state index in [4.69, 9.17) is 4.74 Å². The average Bonchev–Trinajstić information content (AvgIpc) is 2.89. The van der Waals surface area contributed by atoms with Crippen LogP contribution in [0.4, 0.5) is 4.79 Å². The zero-order valence-electron chi connectivity index (χ0n) is 12.4. The van der Waals surface area contributed by atoms with Gasteiger partial charge in [-0.05, 0) is 25.7 Å². The van der Waals surface area contributed by atoms with Crippen LogP contribution in [0, 0.1) is 11.8 Å². The molecule has 0 spiro atoms. The third-order valence-corrected chi connectivity index (χ3v) is 4.53. The molecule has 0 aliphatic carbocycles. The molecule has 4 unspecified atom stereocenters. The van der Waals surface area contributed by atoms with Gasteiger partial charge in [-0.2, -0.15) is 0 Å². The van der Waals surface area contributed by atoms with E-state index in [0.717, 1.165) is 19.4 Å². The molecule has 4 atom stereocenters. The van der Waals surface area contributed by atoms with Crippen molar-refractivity contribution in [2.45, 2.75) is 38.8 Å². The second-order valence-electron chi connectivity index (χ2n) is 6.13. The Kier molecular flexibility index (Phi) is 4.52. The van der Waals surface area contributed by atoms with E-state index >= 15 is 0 Å². The molecular weight excluding hydrogens is 260 g/mol. The highest BCUT2D eigenvalue weighted by atomic mass is 16.5. The molecule has 0 aromatic rings. The number of likely N-dealkylation sites (tertiary alicyclic amines) is 1. The fourth-order valence-corrected chi connectivity index (χ4v) is 3.06. The van der Waals surface area contributed by atoms with Crippen molar-refractivity contribution in [2.75, 3.05) is 26.8 Å². The minimum absolute atomic E-state index is 0.0780. The minimum Gasteiger partial charge on any atom is -0.481 e. The zero-order chi connectivity index (χ0) is 14.9. The van der Waals surface area contributed by atoms with E-state index in [-0.39, 0.29) is 24.7 Å². The van der Waals surface area contributed by atoms with Gasteiger partial charge in [-0.15, -0.1) is 0 Å². The van der Waals surface area contributed by atoms with Crippen LogP contribution in [0.3, 0.4) is 0 Å². The molecule has 114 valence electrons. The SMILES string of the molecule is CC1CCC(C)N(C(=O)N(C)C2COCC2C(=O)O)C1. The topological polar surface area (TPSA) is 70.1 Å². The summed E-state index contributed by atoms with van der Waals surface area (Å²) in [6, 6.07) is -0.234. The molecule has 2 amide bonds. The number of piperidine rings is 1. The maximum Gasteiger partial charge on any atom is 0.320 e. The molecule has 0 bridgehead atoms. The standard InChI is InChI=1S/C14H24N2O4/c1-9-4-5-10(2)16(6-9)14(19)15(3)12-8-20-7-11(12)13(17)18/h9-12H,4-8H2,1-3H3,(H,17,18). The van der Waals surface area contributed by atoms with Gasteiger partial charge in [-0.3, -0.25) is 4.79 Å². The molecule has 2 saturated heterocycles. The van der Waals surface area contributed by atoms with Crippen LogP contribution in [0.15, 0.2) is 0 Å². The summed E-state index contributed by atoms with van der Waals surface area (Å²) in [4.78, 5) is 27.2. The Labute approximate surface area is 119 Å². The normalized spacial score (nSPS) is 34.0. The van der Waals surface area contributed by atoms with Crippen LogP contribution in [0.25, 0.3) is 0 Å². The molecule has 0 aromatic carbocycles. The van der Waals surface area contributed by atoms with Crippen molar-refractivity contribution in [2.24, 2.45) is 11.8 Å². The first-order valence-electron chi connectivity index (χ1n) is 7.25. The first kappa shape index (κ1) is 15.1. The Balaban J connectivity index is 2.05. The Morgan fingerprint density at radius 1 is 1.25 bits per heavy atom. The van der Waals surface area contributed by atoms with Gasteiger partial charge in [0.05, 0.1) is 19.3 Å². The fourth-order valence-electron chi connectivity index (χ4n) is 3.06. The number of amides is 2. The Hall–Kier alpha value is -1.30. The monoisotopic (exact) mass is 284 g/mol. The highest BCUT2D eigenvalue weighted by Crippen LogP contribution is 2.25. The van der Waals surface area contributed by atoms with E-state index in [1.165, 1.54) is 0 Å². The first-order chi connectivity index (χ1) is 9.41. The lowest BCUT2D eigenvalue weighted by atomic mass is 9.95. The number of ether oxygens (including phenoxy) is 1. The largest absolute Gasteiger partial charge is 0.481 e. The number of hydrogen-bond donors (Lipinski definition) is 1. The summed E-state index contributed by atoms with van der Waals surface area (Å²) in [5, 5.41) is 9.19. The average molecular weight is 284 g/mol. The number of urea groups is 1. The molecular formula is C14H24N2O4. The van der Waals surface area contributed by atoms with E-state index in [1.807, 2.05) is 4.90 Å². The van der Waals surface area contributed by atoms with Crippen molar-refractivity contribution in [3.8, 4) is 0 Å². The third kappa shape index (κ3) is 2.90. The van der Waals surface area contributed by atoms with Gasteiger partial charge < -0.3 is 19.6 Å². The molecule has 20 heavy (non-hydrogen) atoms. The summed E-state index contributed by atoms with van der Waals surface area (Å²) < 4.78 is 5.24. The molecule has 2 aliphatic rings. The fraction of sp³-hybridized carbons (Fsp3) is 0.857. The second kappa shape index (κ2) is 5.99. The number of carbonyl (C=O) groups excluding carboxylic acids is 1. The van der Waals surface area contributed by atoms with E-state index in [9.17, 15) is 14.7 Å². The lowest BCUT2D eigenvalue weighted by Gasteiger charge is -2.40. The summed E-state index contributed by atoms with van der Waals surface area (Å²) in [7, 11) is 1.68. The van der Waals surface area contributed by atoms with Crippen LogP contribution in [0.1, 0.15) is 26.7 Å². The number of hydrogen-bond acceptors (Lipinski definition) is 3. The quantitative estimate of drug-likeness (QED) is 0.828. The van der Waals surface area contributed by atoms with Gasteiger partial charge >= 0.3 is 12.0 Å². The van der Waals surface area contributed by atoms with Crippen molar-refractivity contribution >= 4 is 12.0 Å². The van der Waals surface area contributed by atoms with Crippen molar-refractivity contribution in [1.29, 1.82) is 0 Å². The Morgan fingerprint density at radius 3 is 2.60 bits per heavy atom. The summed E-state index contributed by atoms with van der Waals surface area (Å²) in [5.41, 5.74) is 0. The van der Waals surface area contributed by atoms with Gasteiger partial charge in [0.1, 0.15) is 5.92 Å². The van der Waals surface area contributed by atoms with Gasteiger partial charge in [-0.1, -0.05) is 6.92 Å². The van der Waals surface area contributed by atoms with E-state index in [2.05, 4.69) is 13.8 Å². The van der Waals surface area contributed by atoms with Gasteiger partial charge in [0.25, 0.3) is 0 Å². The first-order valence-corrected chi connectivity index (χ1v) is 7.25. The van der Waals surface area contributed by atoms with E-state index in [0.29, 0.717) is 12.5 Å². The van der Waals surface area contributed by atoms with Crippen LogP contribution in [0.2, 0.25) is 0 Å². The third-order valence-electron chi connectivity index (χ3n) is 4.53. The summed E-state index contributed by atoms with van der Waals surface area (Å²) >= 11 is 0. The summed E-state index contributed by atoms with van der Waals surface area (Å²) in [5.74, 6) is -1.02. The molecule has 0 aromatic heterocycles. The van der Waals surface area contributed by atoms with E-state index in [1.54, 1.807) is 11.9 Å². The van der Waals surface area contributed by atoms with Gasteiger partial charge in [0.2, 0.25) is 0 Å². The predicted octanol–water partition coefficient (Wildman–Crippen LogP) is 1.26. The van der Waals surface area contributed by atoms with Crippen LogP contribution in [-0.4, -0.2) is 65.8 Å². The van der Waals surface area contributed by atoms with Gasteiger partial charge in [-0.25, -0.2) is 4.79 Å². The molecule has 0 radical (unpaired) electrons. The number of nitrogens with zero attached hydrogens (tertiary/aromatic N) is 2. The number of carboxylic acid groups (broad SMARTS) is 1. The lowest BCUT2D eigenvalue weighted by Crippen LogP contribution is -2.54. The molecule has 1 N–H and O–H groups in total. The maximum atomic E-state index is 12.6. The van der Waals surface area contributed by atoms with Crippen LogP contribution >= 0.6 is 0 Å². The second-order valence-corrected chi connectivity index (χ2v) is 6.13. The number of aliphatic carboxylic acids is 1. The lowest BCUT2D eigenvalue weighted by molar-refractivity contribution is -0.142. The molecule has 6 heteroatoms. The number of likely N-dealkylation sites (N-methyl/N-ethyl adjacent to an activating group) is 1. The number of carbonyl (C=O) groups is 2. The molecule has 2 heterocycles. The minimum atomic E-state index is -0.896. The van der Waals surface area contributed by atoms with Crippen LogP contribution in [-0.2, 0) is 9.53 Å². The Morgan fingerprint density at radius 2 is 1.95 bits per heavy atom.